The summed E-state index contributed by atoms with van der Waals surface area (Å²) in [5, 5.41) is 1.16. The van der Waals surface area contributed by atoms with E-state index in [2.05, 4.69) is 0 Å². The van der Waals surface area contributed by atoms with E-state index in [0.29, 0.717) is 5.69 Å². The molecule has 0 bridgehead atoms. The van der Waals surface area contributed by atoms with E-state index in [0.717, 1.165) is 5.41 Å². The average Bonchev–Trinajstić information content (AvgIpc) is 2.71. The maximum atomic E-state index is 12.1. The highest BCUT2D eigenvalue weighted by molar-refractivity contribution is 7.94. The lowest BCUT2D eigenvalue weighted by atomic mass is 10.2. The van der Waals surface area contributed by atoms with Gasteiger partial charge in [0.2, 0.25) is 0 Å². The number of hydrogen-bond acceptors (Lipinski definition) is 4. The molecule has 1 aromatic rings. The van der Waals surface area contributed by atoms with Crippen molar-refractivity contribution in [3.63, 3.8) is 0 Å². The molecule has 1 aliphatic rings. The number of carbonyl (C=O) groups excluding carboxylic acids is 1. The maximum absolute atomic E-state index is 12.1. The van der Waals surface area contributed by atoms with Crippen molar-refractivity contribution in [2.45, 2.75) is 6.04 Å². The first kappa shape index (κ1) is 13.8. The van der Waals surface area contributed by atoms with Gasteiger partial charge in [-0.25, -0.2) is 8.42 Å². The molecule has 1 aromatic carbocycles. The molecule has 1 heterocycles. The van der Waals surface area contributed by atoms with E-state index in [1.54, 1.807) is 24.3 Å². The number of para-hydroxylation sites is 1. The Morgan fingerprint density at radius 2 is 2.05 bits per heavy atom. The third kappa shape index (κ3) is 3.21. The van der Waals surface area contributed by atoms with E-state index in [1.807, 2.05) is 6.07 Å². The fraction of sp³-hybridized carbons (Fsp3) is 0.308. The summed E-state index contributed by atoms with van der Waals surface area (Å²) in [6, 6.07) is 8.50. The van der Waals surface area contributed by atoms with Gasteiger partial charge in [-0.2, -0.15) is 0 Å². The Morgan fingerprint density at radius 3 is 2.58 bits per heavy atom. The molecule has 6 heteroatoms. The molecular formula is C13H15NO4S. The fourth-order valence-electron chi connectivity index (χ4n) is 2.02. The second-order valence-electron chi connectivity index (χ2n) is 4.26. The molecule has 0 spiro atoms. The van der Waals surface area contributed by atoms with Crippen LogP contribution in [0.1, 0.15) is 0 Å². The Bertz CT molecular complexity index is 580. The number of sulfone groups is 1. The van der Waals surface area contributed by atoms with Crippen LogP contribution in [0.15, 0.2) is 41.8 Å². The number of methoxy groups -OCH3 is 1. The van der Waals surface area contributed by atoms with Crippen LogP contribution in [0, 0.1) is 0 Å². The second kappa shape index (κ2) is 5.54. The summed E-state index contributed by atoms with van der Waals surface area (Å²) in [6.07, 6.45) is 1.54. The Balaban J connectivity index is 2.31. The van der Waals surface area contributed by atoms with Crippen molar-refractivity contribution in [3.8, 4) is 0 Å². The summed E-state index contributed by atoms with van der Waals surface area (Å²) in [5.74, 6) is -0.349. The van der Waals surface area contributed by atoms with Crippen LogP contribution in [0.5, 0.6) is 0 Å². The van der Waals surface area contributed by atoms with Crippen molar-refractivity contribution < 1.29 is 17.9 Å². The minimum absolute atomic E-state index is 0.0840. The molecule has 0 saturated carbocycles. The molecule has 0 aromatic heterocycles. The van der Waals surface area contributed by atoms with Gasteiger partial charge in [-0.1, -0.05) is 18.2 Å². The lowest BCUT2D eigenvalue weighted by Crippen LogP contribution is -2.43. The Kier molecular flexibility index (Phi) is 4.01. The minimum atomic E-state index is -3.21. The van der Waals surface area contributed by atoms with Gasteiger partial charge in [-0.3, -0.25) is 4.79 Å². The summed E-state index contributed by atoms with van der Waals surface area (Å²) in [7, 11) is -1.78. The fourth-order valence-corrected chi connectivity index (χ4v) is 3.29. The number of amides is 1. The van der Waals surface area contributed by atoms with Gasteiger partial charge >= 0.3 is 0 Å². The molecule has 0 fully saturated rings. The van der Waals surface area contributed by atoms with Crippen molar-refractivity contribution in [2.24, 2.45) is 0 Å². The zero-order chi connectivity index (χ0) is 13.9. The van der Waals surface area contributed by atoms with Gasteiger partial charge in [0.25, 0.3) is 5.91 Å². The minimum Gasteiger partial charge on any atom is -0.375 e. The van der Waals surface area contributed by atoms with E-state index in [-0.39, 0.29) is 18.3 Å². The van der Waals surface area contributed by atoms with Gasteiger partial charge in [-0.15, -0.1) is 0 Å². The third-order valence-electron chi connectivity index (χ3n) is 2.81. The van der Waals surface area contributed by atoms with E-state index >= 15 is 0 Å². The Labute approximate surface area is 112 Å². The number of rotatable bonds is 4. The summed E-state index contributed by atoms with van der Waals surface area (Å²) in [4.78, 5) is 13.6. The van der Waals surface area contributed by atoms with Gasteiger partial charge < -0.3 is 9.64 Å². The zero-order valence-electron chi connectivity index (χ0n) is 10.5. The van der Waals surface area contributed by atoms with E-state index in [4.69, 9.17) is 4.74 Å². The van der Waals surface area contributed by atoms with Crippen LogP contribution in [0.2, 0.25) is 0 Å². The third-order valence-corrected chi connectivity index (χ3v) is 4.19. The molecule has 1 amide bonds. The molecule has 2 rings (SSSR count). The topological polar surface area (TPSA) is 63.7 Å². The predicted molar refractivity (Wildman–Crippen MR) is 72.5 cm³/mol. The highest BCUT2D eigenvalue weighted by Crippen LogP contribution is 2.22. The van der Waals surface area contributed by atoms with Crippen LogP contribution in [0.4, 0.5) is 5.69 Å². The van der Waals surface area contributed by atoms with E-state index in [1.165, 1.54) is 18.1 Å². The quantitative estimate of drug-likeness (QED) is 0.825. The highest BCUT2D eigenvalue weighted by Gasteiger charge is 2.31. The number of benzene rings is 1. The molecule has 1 aliphatic heterocycles. The van der Waals surface area contributed by atoms with Crippen LogP contribution in [0.3, 0.4) is 0 Å². The molecule has 0 N–H and O–H groups in total. The SMILES string of the molecule is COCC(=O)N(c1ccccc1)C1C=CS(=O)(=O)C1. The molecule has 19 heavy (non-hydrogen) atoms. The van der Waals surface area contributed by atoms with Crippen molar-refractivity contribution >= 4 is 21.4 Å². The molecule has 1 unspecified atom stereocenters. The normalized spacial score (nSPS) is 20.4. The van der Waals surface area contributed by atoms with Gasteiger partial charge in [0.05, 0.1) is 11.8 Å². The van der Waals surface area contributed by atoms with Crippen LogP contribution in [0.25, 0.3) is 0 Å². The molecule has 1 atom stereocenters. The zero-order valence-corrected chi connectivity index (χ0v) is 11.3. The molecule has 5 nitrogen and oxygen atoms in total. The maximum Gasteiger partial charge on any atom is 0.253 e. The monoisotopic (exact) mass is 281 g/mol. The smallest absolute Gasteiger partial charge is 0.253 e. The van der Waals surface area contributed by atoms with Gasteiger partial charge in [0.15, 0.2) is 9.84 Å². The van der Waals surface area contributed by atoms with Crippen LogP contribution in [-0.4, -0.2) is 39.8 Å². The number of nitrogens with zero attached hydrogens (tertiary/aromatic N) is 1. The first-order chi connectivity index (χ1) is 9.03. The predicted octanol–water partition coefficient (Wildman–Crippen LogP) is 0.977. The average molecular weight is 281 g/mol. The Hall–Kier alpha value is -1.66. The van der Waals surface area contributed by atoms with Gasteiger partial charge in [-0.05, 0) is 18.2 Å². The van der Waals surface area contributed by atoms with E-state index < -0.39 is 15.9 Å². The van der Waals surface area contributed by atoms with Crippen LogP contribution in [-0.2, 0) is 19.4 Å². The summed E-state index contributed by atoms with van der Waals surface area (Å²) < 4.78 is 27.9. The number of carbonyl (C=O) groups is 1. The highest BCUT2D eigenvalue weighted by atomic mass is 32.2. The number of ether oxygens (including phenoxy) is 1. The van der Waals surface area contributed by atoms with Crippen molar-refractivity contribution in [3.05, 3.63) is 41.8 Å². The largest absolute Gasteiger partial charge is 0.375 e. The molecule has 0 aliphatic carbocycles. The summed E-state index contributed by atoms with van der Waals surface area (Å²) >= 11 is 0. The van der Waals surface area contributed by atoms with Crippen molar-refractivity contribution in [1.82, 2.24) is 0 Å². The summed E-state index contributed by atoms with van der Waals surface area (Å²) in [5.41, 5.74) is 0.663. The first-order valence-electron chi connectivity index (χ1n) is 5.80. The molecule has 0 saturated heterocycles. The van der Waals surface area contributed by atoms with Crippen LogP contribution < -0.4 is 4.90 Å². The van der Waals surface area contributed by atoms with Crippen molar-refractivity contribution in [1.29, 1.82) is 0 Å². The molecular weight excluding hydrogens is 266 g/mol. The first-order valence-corrected chi connectivity index (χ1v) is 7.52. The Morgan fingerprint density at radius 1 is 1.37 bits per heavy atom. The van der Waals surface area contributed by atoms with E-state index in [9.17, 15) is 13.2 Å². The molecule has 102 valence electrons. The number of hydrogen-bond donors (Lipinski definition) is 0. The van der Waals surface area contributed by atoms with Gasteiger partial charge in [0.1, 0.15) is 6.61 Å². The lowest BCUT2D eigenvalue weighted by molar-refractivity contribution is -0.122. The summed E-state index contributed by atoms with van der Waals surface area (Å²) in [6.45, 7) is -0.0840. The standard InChI is InChI=1S/C13H15NO4S/c1-18-9-13(15)14(11-5-3-2-4-6-11)12-7-8-19(16,17)10-12/h2-8,12H,9-10H2,1H3. The second-order valence-corrected chi connectivity index (χ2v) is 6.19. The van der Waals surface area contributed by atoms with Crippen molar-refractivity contribution in [2.75, 3.05) is 24.4 Å². The number of anilines is 1. The van der Waals surface area contributed by atoms with Gasteiger partial charge in [0, 0.05) is 18.2 Å². The molecule has 0 radical (unpaired) electrons. The lowest BCUT2D eigenvalue weighted by Gasteiger charge is -2.27. The van der Waals surface area contributed by atoms with Crippen LogP contribution >= 0.6 is 0 Å².